The number of ether oxygens (including phenoxy) is 4. The zero-order valence-corrected chi connectivity index (χ0v) is 8.20. The number of benzene rings is 1. The van der Waals surface area contributed by atoms with Gasteiger partial charge in [-0.05, 0) is 12.1 Å². The molecule has 0 bridgehead atoms. The van der Waals surface area contributed by atoms with Crippen molar-refractivity contribution < 1.29 is 18.9 Å². The molecule has 0 fully saturated rings. The van der Waals surface area contributed by atoms with Gasteiger partial charge >= 0.3 is 0 Å². The van der Waals surface area contributed by atoms with E-state index >= 15 is 0 Å². The molecular weight excluding hydrogens is 184 g/mol. The second-order valence-electron chi connectivity index (χ2n) is 2.83. The molecule has 0 N–H and O–H groups in total. The number of rotatable bonds is 2. The van der Waals surface area contributed by atoms with Crippen molar-refractivity contribution in [3.8, 4) is 23.0 Å². The van der Waals surface area contributed by atoms with Crippen molar-refractivity contribution in [2.75, 3.05) is 27.4 Å². The predicted octanol–water partition coefficient (Wildman–Crippen LogP) is 1.47. The fourth-order valence-electron chi connectivity index (χ4n) is 1.41. The summed E-state index contributed by atoms with van der Waals surface area (Å²) in [6.45, 7) is 1.08. The number of fused-ring (bicyclic) bond motifs is 1. The highest BCUT2D eigenvalue weighted by Gasteiger charge is 2.21. The van der Waals surface area contributed by atoms with Crippen molar-refractivity contribution in [3.05, 3.63) is 12.1 Å². The van der Waals surface area contributed by atoms with Gasteiger partial charge in [0, 0.05) is 0 Å². The van der Waals surface area contributed by atoms with Gasteiger partial charge in [0.25, 0.3) is 0 Å². The van der Waals surface area contributed by atoms with E-state index in [1.54, 1.807) is 26.4 Å². The fourth-order valence-corrected chi connectivity index (χ4v) is 1.41. The van der Waals surface area contributed by atoms with E-state index in [0.717, 1.165) is 0 Å². The molecule has 76 valence electrons. The monoisotopic (exact) mass is 196 g/mol. The highest BCUT2D eigenvalue weighted by molar-refractivity contribution is 5.59. The summed E-state index contributed by atoms with van der Waals surface area (Å²) in [6, 6.07) is 3.60. The summed E-state index contributed by atoms with van der Waals surface area (Å²) in [5, 5.41) is 0. The average molecular weight is 196 g/mol. The molecule has 1 aliphatic rings. The molecule has 0 unspecified atom stereocenters. The minimum atomic E-state index is 0.538. The molecule has 0 saturated heterocycles. The molecule has 2 rings (SSSR count). The lowest BCUT2D eigenvalue weighted by atomic mass is 10.2. The van der Waals surface area contributed by atoms with Crippen molar-refractivity contribution in [3.63, 3.8) is 0 Å². The van der Waals surface area contributed by atoms with Gasteiger partial charge in [-0.25, -0.2) is 0 Å². The van der Waals surface area contributed by atoms with E-state index in [-0.39, 0.29) is 0 Å². The van der Waals surface area contributed by atoms with Crippen LogP contribution in [0.5, 0.6) is 23.0 Å². The second kappa shape index (κ2) is 3.65. The molecule has 0 atom stereocenters. The van der Waals surface area contributed by atoms with Crippen LogP contribution in [0.3, 0.4) is 0 Å². The molecule has 4 nitrogen and oxygen atoms in total. The van der Waals surface area contributed by atoms with E-state index in [9.17, 15) is 0 Å². The smallest absolute Gasteiger partial charge is 0.207 e. The van der Waals surface area contributed by atoms with Crippen LogP contribution in [0.2, 0.25) is 0 Å². The Bertz CT molecular complexity index is 302. The minimum absolute atomic E-state index is 0.538. The molecule has 14 heavy (non-hydrogen) atoms. The van der Waals surface area contributed by atoms with E-state index in [0.29, 0.717) is 36.2 Å². The van der Waals surface area contributed by atoms with Gasteiger partial charge in [0.2, 0.25) is 11.5 Å². The van der Waals surface area contributed by atoms with Gasteiger partial charge in [0.1, 0.15) is 13.2 Å². The highest BCUT2D eigenvalue weighted by Crippen LogP contribution is 2.45. The van der Waals surface area contributed by atoms with Crippen LogP contribution >= 0.6 is 0 Å². The van der Waals surface area contributed by atoms with Crippen LogP contribution in [0.25, 0.3) is 0 Å². The Morgan fingerprint density at radius 3 is 1.71 bits per heavy atom. The van der Waals surface area contributed by atoms with Crippen molar-refractivity contribution in [1.82, 2.24) is 0 Å². The van der Waals surface area contributed by atoms with E-state index in [2.05, 4.69) is 0 Å². The Hall–Kier alpha value is -1.58. The highest BCUT2D eigenvalue weighted by atomic mass is 16.6. The third-order valence-corrected chi connectivity index (χ3v) is 2.06. The molecule has 1 aliphatic heterocycles. The molecule has 0 spiro atoms. The summed E-state index contributed by atoms with van der Waals surface area (Å²) in [5.41, 5.74) is 0. The van der Waals surface area contributed by atoms with Crippen molar-refractivity contribution >= 4 is 0 Å². The van der Waals surface area contributed by atoms with E-state index in [1.165, 1.54) is 0 Å². The Morgan fingerprint density at radius 2 is 1.36 bits per heavy atom. The molecule has 0 saturated carbocycles. The predicted molar refractivity (Wildman–Crippen MR) is 50.5 cm³/mol. The Kier molecular flexibility index (Phi) is 2.35. The first-order valence-corrected chi connectivity index (χ1v) is 4.37. The standard InChI is InChI=1S/C10H12O4/c1-11-7-3-4-8(12-2)10-9(7)13-5-6-14-10/h3-4H,5-6H2,1-2H3. The lowest BCUT2D eigenvalue weighted by Gasteiger charge is -2.21. The number of hydrogen-bond acceptors (Lipinski definition) is 4. The van der Waals surface area contributed by atoms with E-state index in [1.807, 2.05) is 0 Å². The molecular formula is C10H12O4. The van der Waals surface area contributed by atoms with Gasteiger partial charge in [-0.1, -0.05) is 0 Å². The van der Waals surface area contributed by atoms with Crippen LogP contribution in [0.1, 0.15) is 0 Å². The topological polar surface area (TPSA) is 36.9 Å². The van der Waals surface area contributed by atoms with Crippen molar-refractivity contribution in [1.29, 1.82) is 0 Å². The number of hydrogen-bond donors (Lipinski definition) is 0. The van der Waals surface area contributed by atoms with E-state index in [4.69, 9.17) is 18.9 Å². The van der Waals surface area contributed by atoms with Gasteiger partial charge in [0.05, 0.1) is 14.2 Å². The lowest BCUT2D eigenvalue weighted by Crippen LogP contribution is -2.16. The zero-order chi connectivity index (χ0) is 9.97. The maximum atomic E-state index is 5.46. The first-order chi connectivity index (χ1) is 6.86. The summed E-state index contributed by atoms with van der Waals surface area (Å²) in [7, 11) is 3.19. The van der Waals surface area contributed by atoms with Crippen LogP contribution in [-0.4, -0.2) is 27.4 Å². The molecule has 0 amide bonds. The summed E-state index contributed by atoms with van der Waals surface area (Å²) in [5.74, 6) is 2.58. The first-order valence-electron chi connectivity index (χ1n) is 4.37. The maximum absolute atomic E-state index is 5.46. The van der Waals surface area contributed by atoms with Gasteiger partial charge in [0.15, 0.2) is 11.5 Å². The SMILES string of the molecule is COc1ccc(OC)c2c1OCCO2. The van der Waals surface area contributed by atoms with Crippen LogP contribution in [0.4, 0.5) is 0 Å². The van der Waals surface area contributed by atoms with Crippen molar-refractivity contribution in [2.24, 2.45) is 0 Å². The average Bonchev–Trinajstić information content (AvgIpc) is 2.27. The van der Waals surface area contributed by atoms with E-state index < -0.39 is 0 Å². The van der Waals surface area contributed by atoms with Gasteiger partial charge in [-0.2, -0.15) is 0 Å². The van der Waals surface area contributed by atoms with Crippen LogP contribution in [0.15, 0.2) is 12.1 Å². The lowest BCUT2D eigenvalue weighted by molar-refractivity contribution is 0.159. The zero-order valence-electron chi connectivity index (χ0n) is 8.20. The third kappa shape index (κ3) is 1.32. The summed E-state index contributed by atoms with van der Waals surface area (Å²) in [4.78, 5) is 0. The minimum Gasteiger partial charge on any atom is -0.493 e. The molecule has 1 aromatic rings. The summed E-state index contributed by atoms with van der Waals surface area (Å²) in [6.07, 6.45) is 0. The third-order valence-electron chi connectivity index (χ3n) is 2.06. The van der Waals surface area contributed by atoms with Crippen LogP contribution < -0.4 is 18.9 Å². The molecule has 1 aromatic carbocycles. The fraction of sp³-hybridized carbons (Fsp3) is 0.400. The quantitative estimate of drug-likeness (QED) is 0.717. The first kappa shape index (κ1) is 8.99. The van der Waals surface area contributed by atoms with Crippen LogP contribution in [-0.2, 0) is 0 Å². The molecule has 4 heteroatoms. The number of methoxy groups -OCH3 is 2. The Labute approximate surface area is 82.3 Å². The van der Waals surface area contributed by atoms with Gasteiger partial charge < -0.3 is 18.9 Å². The van der Waals surface area contributed by atoms with Gasteiger partial charge in [-0.3, -0.25) is 0 Å². The molecule has 0 radical (unpaired) electrons. The van der Waals surface area contributed by atoms with Crippen LogP contribution in [0, 0.1) is 0 Å². The van der Waals surface area contributed by atoms with Crippen molar-refractivity contribution in [2.45, 2.75) is 0 Å². The summed E-state index contributed by atoms with van der Waals surface area (Å²) < 4.78 is 21.2. The second-order valence-corrected chi connectivity index (χ2v) is 2.83. The molecule has 0 aromatic heterocycles. The molecule has 1 heterocycles. The largest absolute Gasteiger partial charge is 0.493 e. The maximum Gasteiger partial charge on any atom is 0.207 e. The Balaban J connectivity index is 2.50. The normalized spacial score (nSPS) is 13.6. The molecule has 0 aliphatic carbocycles. The summed E-state index contributed by atoms with van der Waals surface area (Å²) >= 11 is 0. The van der Waals surface area contributed by atoms with Gasteiger partial charge in [-0.15, -0.1) is 0 Å². The Morgan fingerprint density at radius 1 is 0.929 bits per heavy atom.